The number of allylic oxidation sites excluding steroid dienone is 1. The van der Waals surface area contributed by atoms with Crippen molar-refractivity contribution in [2.24, 2.45) is 0 Å². The van der Waals surface area contributed by atoms with E-state index in [0.29, 0.717) is 5.95 Å². The van der Waals surface area contributed by atoms with Gasteiger partial charge in [-0.15, -0.1) is 0 Å². The van der Waals surface area contributed by atoms with Gasteiger partial charge in [0.25, 0.3) is 0 Å². The van der Waals surface area contributed by atoms with E-state index in [9.17, 15) is 4.39 Å². The highest BCUT2D eigenvalue weighted by Gasteiger charge is 2.23. The molecule has 0 amide bonds. The van der Waals surface area contributed by atoms with E-state index in [2.05, 4.69) is 37.4 Å². The molecule has 2 aromatic carbocycles. The van der Waals surface area contributed by atoms with Gasteiger partial charge < -0.3 is 5.32 Å². The zero-order valence-corrected chi connectivity index (χ0v) is 13.5. The monoisotopic (exact) mass is 370 g/mol. The second-order valence-corrected chi connectivity index (χ2v) is 6.15. The molecule has 114 valence electrons. The van der Waals surface area contributed by atoms with Gasteiger partial charge in [0.05, 0.1) is 0 Å². The van der Waals surface area contributed by atoms with Crippen molar-refractivity contribution in [2.45, 2.75) is 6.04 Å². The Morgan fingerprint density at radius 1 is 1.04 bits per heavy atom. The fourth-order valence-electron chi connectivity index (χ4n) is 2.63. The summed E-state index contributed by atoms with van der Waals surface area (Å²) < 4.78 is 16.0. The second kappa shape index (κ2) is 5.62. The fraction of sp³-hybridized carbons (Fsp3) is 0.0588. The molecule has 23 heavy (non-hydrogen) atoms. The number of rotatable bonds is 2. The van der Waals surface area contributed by atoms with Gasteiger partial charge in [0.15, 0.2) is 0 Å². The van der Waals surface area contributed by atoms with Crippen molar-refractivity contribution in [1.82, 2.24) is 14.8 Å². The molecular formula is C17H12BrFN4. The minimum absolute atomic E-state index is 0.131. The Balaban J connectivity index is 1.79. The third kappa shape index (κ3) is 2.66. The predicted octanol–water partition coefficient (Wildman–Crippen LogP) is 4.24. The van der Waals surface area contributed by atoms with E-state index >= 15 is 0 Å². The van der Waals surface area contributed by atoms with Crippen LogP contribution in [0, 0.1) is 5.82 Å². The van der Waals surface area contributed by atoms with Crippen LogP contribution in [-0.2, 0) is 0 Å². The number of anilines is 1. The van der Waals surface area contributed by atoms with Gasteiger partial charge in [0.1, 0.15) is 18.2 Å². The summed E-state index contributed by atoms with van der Waals surface area (Å²) in [5.74, 6) is 0.415. The Kier molecular flexibility index (Phi) is 3.46. The summed E-state index contributed by atoms with van der Waals surface area (Å²) in [5.41, 5.74) is 2.95. The van der Waals surface area contributed by atoms with E-state index in [1.54, 1.807) is 16.8 Å². The van der Waals surface area contributed by atoms with Crippen molar-refractivity contribution < 1.29 is 4.39 Å². The summed E-state index contributed by atoms with van der Waals surface area (Å²) in [7, 11) is 0. The van der Waals surface area contributed by atoms with Gasteiger partial charge in [-0.2, -0.15) is 10.1 Å². The lowest BCUT2D eigenvalue weighted by Gasteiger charge is -2.24. The normalized spacial score (nSPS) is 16.4. The number of hydrogen-bond donors (Lipinski definition) is 1. The molecule has 0 fully saturated rings. The van der Waals surface area contributed by atoms with Crippen LogP contribution in [0.25, 0.3) is 5.70 Å². The Hall–Kier alpha value is -2.47. The highest BCUT2D eigenvalue weighted by atomic mass is 79.9. The van der Waals surface area contributed by atoms with E-state index in [-0.39, 0.29) is 11.9 Å². The SMILES string of the molecule is Fc1ccc(C2C=C(c3ccc(Br)cc3)Nc3ncnn32)cc1. The molecule has 0 radical (unpaired) electrons. The van der Waals surface area contributed by atoms with Gasteiger partial charge >= 0.3 is 0 Å². The Morgan fingerprint density at radius 3 is 2.52 bits per heavy atom. The van der Waals surface area contributed by atoms with Gasteiger partial charge in [0.2, 0.25) is 5.95 Å². The predicted molar refractivity (Wildman–Crippen MR) is 90.3 cm³/mol. The van der Waals surface area contributed by atoms with Crippen molar-refractivity contribution in [2.75, 3.05) is 5.32 Å². The lowest BCUT2D eigenvalue weighted by atomic mass is 10.0. The third-order valence-electron chi connectivity index (χ3n) is 3.77. The van der Waals surface area contributed by atoms with Crippen molar-refractivity contribution in [1.29, 1.82) is 0 Å². The molecule has 4 rings (SSSR count). The Morgan fingerprint density at radius 2 is 1.78 bits per heavy atom. The van der Waals surface area contributed by atoms with E-state index in [1.165, 1.54) is 18.5 Å². The molecule has 1 atom stereocenters. The average Bonchev–Trinajstić information content (AvgIpc) is 3.04. The summed E-state index contributed by atoms with van der Waals surface area (Å²) in [6, 6.07) is 14.4. The third-order valence-corrected chi connectivity index (χ3v) is 4.30. The molecule has 1 aliphatic heterocycles. The lowest BCUT2D eigenvalue weighted by molar-refractivity contribution is 0.603. The molecule has 3 aromatic rings. The summed E-state index contributed by atoms with van der Waals surface area (Å²) >= 11 is 3.44. The van der Waals surface area contributed by atoms with E-state index in [1.807, 2.05) is 24.3 Å². The standard InChI is InChI=1S/C17H12BrFN4/c18-13-5-1-11(2-6-13)15-9-16(12-3-7-14(19)8-4-12)23-17(22-15)20-10-21-23/h1-10,16H,(H,20,21,22). The van der Waals surface area contributed by atoms with Crippen LogP contribution in [0.1, 0.15) is 17.2 Å². The van der Waals surface area contributed by atoms with Crippen molar-refractivity contribution >= 4 is 27.6 Å². The van der Waals surface area contributed by atoms with Gasteiger partial charge in [-0.1, -0.05) is 40.2 Å². The first kappa shape index (κ1) is 14.1. The summed E-state index contributed by atoms with van der Waals surface area (Å²) in [6.45, 7) is 0. The van der Waals surface area contributed by atoms with Crippen LogP contribution >= 0.6 is 15.9 Å². The highest BCUT2D eigenvalue weighted by molar-refractivity contribution is 9.10. The van der Waals surface area contributed by atoms with Gasteiger partial charge in [-0.25, -0.2) is 9.07 Å². The first-order valence-corrected chi connectivity index (χ1v) is 7.90. The minimum Gasteiger partial charge on any atom is -0.324 e. The molecule has 1 aliphatic rings. The zero-order chi connectivity index (χ0) is 15.8. The van der Waals surface area contributed by atoms with Crippen LogP contribution in [0.3, 0.4) is 0 Å². The fourth-order valence-corrected chi connectivity index (χ4v) is 2.89. The molecule has 1 unspecified atom stereocenters. The van der Waals surface area contributed by atoms with Crippen LogP contribution < -0.4 is 5.32 Å². The van der Waals surface area contributed by atoms with Gasteiger partial charge in [-0.3, -0.25) is 0 Å². The van der Waals surface area contributed by atoms with Crippen LogP contribution in [0.2, 0.25) is 0 Å². The van der Waals surface area contributed by atoms with Crippen LogP contribution in [0.5, 0.6) is 0 Å². The molecule has 1 N–H and O–H groups in total. The number of benzene rings is 2. The average molecular weight is 371 g/mol. The number of halogens is 2. The molecule has 0 bridgehead atoms. The number of hydrogen-bond acceptors (Lipinski definition) is 3. The molecular weight excluding hydrogens is 359 g/mol. The second-order valence-electron chi connectivity index (χ2n) is 5.24. The van der Waals surface area contributed by atoms with E-state index < -0.39 is 0 Å². The smallest absolute Gasteiger partial charge is 0.226 e. The van der Waals surface area contributed by atoms with Crippen molar-refractivity contribution in [3.05, 3.63) is 82.4 Å². The van der Waals surface area contributed by atoms with Crippen molar-refractivity contribution in [3.63, 3.8) is 0 Å². The molecule has 1 aromatic heterocycles. The Bertz CT molecular complexity index is 868. The van der Waals surface area contributed by atoms with Gasteiger partial charge in [0, 0.05) is 10.2 Å². The zero-order valence-electron chi connectivity index (χ0n) is 11.9. The molecule has 0 aliphatic carbocycles. The van der Waals surface area contributed by atoms with Crippen LogP contribution in [-0.4, -0.2) is 14.8 Å². The maximum atomic E-state index is 13.2. The quantitative estimate of drug-likeness (QED) is 0.733. The summed E-state index contributed by atoms with van der Waals surface area (Å²) in [4.78, 5) is 4.26. The summed E-state index contributed by atoms with van der Waals surface area (Å²) in [5, 5.41) is 7.56. The summed E-state index contributed by atoms with van der Waals surface area (Å²) in [6.07, 6.45) is 3.58. The molecule has 4 nitrogen and oxygen atoms in total. The van der Waals surface area contributed by atoms with Crippen molar-refractivity contribution in [3.8, 4) is 0 Å². The first-order chi connectivity index (χ1) is 11.2. The van der Waals surface area contributed by atoms with Crippen LogP contribution in [0.4, 0.5) is 10.3 Å². The molecule has 0 spiro atoms. The molecule has 6 heteroatoms. The minimum atomic E-state index is -0.251. The number of fused-ring (bicyclic) bond motifs is 1. The molecule has 0 saturated heterocycles. The molecule has 0 saturated carbocycles. The number of nitrogens with zero attached hydrogens (tertiary/aromatic N) is 3. The lowest BCUT2D eigenvalue weighted by Crippen LogP contribution is -2.20. The highest BCUT2D eigenvalue weighted by Crippen LogP contribution is 2.32. The van der Waals surface area contributed by atoms with Crippen LogP contribution in [0.15, 0.2) is 65.4 Å². The van der Waals surface area contributed by atoms with E-state index in [0.717, 1.165) is 21.3 Å². The first-order valence-electron chi connectivity index (χ1n) is 7.10. The number of aromatic nitrogens is 3. The Labute approximate surface area is 140 Å². The topological polar surface area (TPSA) is 42.7 Å². The van der Waals surface area contributed by atoms with Gasteiger partial charge in [-0.05, 0) is 41.5 Å². The maximum Gasteiger partial charge on any atom is 0.226 e. The number of nitrogens with one attached hydrogen (secondary N) is 1. The molecule has 2 heterocycles. The maximum absolute atomic E-state index is 13.2. The largest absolute Gasteiger partial charge is 0.324 e. The van der Waals surface area contributed by atoms with E-state index in [4.69, 9.17) is 0 Å².